The van der Waals surface area contributed by atoms with Crippen molar-refractivity contribution in [2.75, 3.05) is 49.6 Å². The van der Waals surface area contributed by atoms with Crippen molar-refractivity contribution < 1.29 is 32.3 Å². The maximum absolute atomic E-state index is 14.0. The van der Waals surface area contributed by atoms with Crippen LogP contribution in [-0.4, -0.2) is 87.2 Å². The zero-order valence-corrected chi connectivity index (χ0v) is 26.2. The van der Waals surface area contributed by atoms with Crippen LogP contribution in [0.2, 0.25) is 5.02 Å². The van der Waals surface area contributed by atoms with Crippen LogP contribution >= 0.6 is 11.6 Å². The number of nitrogens with one attached hydrogen (secondary N) is 2. The van der Waals surface area contributed by atoms with Gasteiger partial charge in [-0.05, 0) is 49.5 Å². The molecule has 0 bridgehead atoms. The van der Waals surface area contributed by atoms with Crippen molar-refractivity contribution in [1.29, 1.82) is 0 Å². The second-order valence-electron chi connectivity index (χ2n) is 11.5. The van der Waals surface area contributed by atoms with E-state index in [1.54, 1.807) is 9.47 Å². The number of benzene rings is 1. The number of fused-ring (bicyclic) bond motifs is 1. The number of hydrogen-bond donors (Lipinski definition) is 2. The molecule has 2 N–H and O–H groups in total. The Kier molecular flexibility index (Phi) is 8.98. The number of piperazine rings is 1. The molecule has 4 heterocycles. The van der Waals surface area contributed by atoms with E-state index in [1.807, 2.05) is 13.0 Å². The van der Waals surface area contributed by atoms with Gasteiger partial charge in [-0.3, -0.25) is 19.2 Å². The summed E-state index contributed by atoms with van der Waals surface area (Å²) in [6.45, 7) is 3.14. The van der Waals surface area contributed by atoms with Gasteiger partial charge in [0.1, 0.15) is 12.2 Å². The Morgan fingerprint density at radius 1 is 1.13 bits per heavy atom. The number of hydrogen-bond acceptors (Lipinski definition) is 8. The third-order valence-corrected chi connectivity index (χ3v) is 8.59. The lowest BCUT2D eigenvalue weighted by Crippen LogP contribution is -2.54. The maximum Gasteiger partial charge on any atom is 0.416 e. The first-order valence-corrected chi connectivity index (χ1v) is 15.6. The normalized spacial score (nSPS) is 17.1. The molecule has 1 aromatic carbocycles. The average molecular weight is 677 g/mol. The number of amides is 3. The number of rotatable bonds is 7. The van der Waals surface area contributed by atoms with E-state index in [2.05, 4.69) is 20.7 Å². The van der Waals surface area contributed by atoms with Crippen molar-refractivity contribution >= 4 is 52.0 Å². The summed E-state index contributed by atoms with van der Waals surface area (Å²) in [7, 11) is 0. The van der Waals surface area contributed by atoms with E-state index in [4.69, 9.17) is 16.3 Å². The number of carbonyl (C=O) groups is 3. The molecule has 0 unspecified atom stereocenters. The number of halogens is 4. The van der Waals surface area contributed by atoms with Gasteiger partial charge in [-0.15, -0.1) is 5.10 Å². The predicted molar refractivity (Wildman–Crippen MR) is 165 cm³/mol. The van der Waals surface area contributed by atoms with Crippen LogP contribution in [0.5, 0.6) is 0 Å². The Balaban J connectivity index is 1.33. The standard InChI is InChI=1S/C30H32ClF3N8O5/c1-2-22-24(39-9-11-40(12-10-39)28(46)26(44)35-19-4-5-19)27(45)42-29(37-25(38-42)17-7-13-47-14-8-17)41(22)16-23(43)36-21-6-3-18(15-20(21)31)30(32,33)34/h3,6-7,15,19H,2,4-5,8-14,16H2,1H3,(H,35,44)(H,36,43). The van der Waals surface area contributed by atoms with Crippen LogP contribution in [0.25, 0.3) is 11.4 Å². The van der Waals surface area contributed by atoms with Gasteiger partial charge in [0.25, 0.3) is 5.56 Å². The summed E-state index contributed by atoms with van der Waals surface area (Å²) in [6.07, 6.45) is -0.249. The molecule has 250 valence electrons. The van der Waals surface area contributed by atoms with E-state index >= 15 is 0 Å². The fraction of sp³-hybridized carbons (Fsp3) is 0.467. The van der Waals surface area contributed by atoms with Crippen molar-refractivity contribution in [2.24, 2.45) is 0 Å². The van der Waals surface area contributed by atoms with Crippen molar-refractivity contribution in [3.63, 3.8) is 0 Å². The fourth-order valence-electron chi connectivity index (χ4n) is 5.67. The van der Waals surface area contributed by atoms with Gasteiger partial charge >= 0.3 is 18.0 Å². The van der Waals surface area contributed by atoms with Crippen molar-refractivity contribution in [1.82, 2.24) is 29.4 Å². The Morgan fingerprint density at radius 3 is 2.49 bits per heavy atom. The van der Waals surface area contributed by atoms with Gasteiger partial charge in [-0.25, -0.2) is 0 Å². The zero-order chi connectivity index (χ0) is 33.5. The van der Waals surface area contributed by atoms with Crippen LogP contribution < -0.4 is 21.1 Å². The third-order valence-electron chi connectivity index (χ3n) is 8.27. The molecule has 2 aromatic heterocycles. The number of carbonyl (C=O) groups excluding carboxylic acids is 3. The number of ether oxygens (including phenoxy) is 1. The number of aromatic nitrogens is 4. The first-order chi connectivity index (χ1) is 22.4. The summed E-state index contributed by atoms with van der Waals surface area (Å²) in [5.74, 6) is -1.47. The Hall–Kier alpha value is -4.44. The van der Waals surface area contributed by atoms with Crippen molar-refractivity contribution in [3.8, 4) is 0 Å². The molecule has 0 radical (unpaired) electrons. The summed E-state index contributed by atoms with van der Waals surface area (Å²) < 4.78 is 47.5. The summed E-state index contributed by atoms with van der Waals surface area (Å²) in [5.41, 5.74) is 0.0972. The van der Waals surface area contributed by atoms with Crippen LogP contribution in [0, 0.1) is 0 Å². The van der Waals surface area contributed by atoms with Crippen molar-refractivity contribution in [2.45, 2.75) is 51.4 Å². The number of alkyl halides is 3. The Morgan fingerprint density at radius 2 is 1.87 bits per heavy atom. The van der Waals surface area contributed by atoms with Gasteiger partial charge in [-0.1, -0.05) is 24.6 Å². The quantitative estimate of drug-likeness (QED) is 0.364. The van der Waals surface area contributed by atoms with E-state index in [1.165, 1.54) is 4.90 Å². The van der Waals surface area contributed by atoms with E-state index in [0.717, 1.165) is 41.1 Å². The molecule has 3 amide bonds. The van der Waals surface area contributed by atoms with Crippen molar-refractivity contribution in [3.05, 3.63) is 56.7 Å². The number of anilines is 2. The smallest absolute Gasteiger partial charge is 0.377 e. The highest BCUT2D eigenvalue weighted by Crippen LogP contribution is 2.34. The molecule has 3 aromatic rings. The molecule has 1 saturated heterocycles. The Labute approximate surface area is 271 Å². The molecular weight excluding hydrogens is 645 g/mol. The lowest BCUT2D eigenvalue weighted by Gasteiger charge is -2.36. The van der Waals surface area contributed by atoms with Crippen LogP contribution in [0.1, 0.15) is 43.3 Å². The van der Waals surface area contributed by atoms with E-state index in [0.29, 0.717) is 37.6 Å². The Bertz CT molecular complexity index is 1830. The maximum atomic E-state index is 14.0. The van der Waals surface area contributed by atoms with E-state index in [9.17, 15) is 32.3 Å². The molecule has 2 aliphatic heterocycles. The van der Waals surface area contributed by atoms with Gasteiger partial charge in [0, 0.05) is 32.2 Å². The molecule has 2 fully saturated rings. The van der Waals surface area contributed by atoms with Crippen LogP contribution in [0.3, 0.4) is 0 Å². The lowest BCUT2D eigenvalue weighted by atomic mass is 10.1. The van der Waals surface area contributed by atoms with Gasteiger partial charge in [0.05, 0.1) is 35.2 Å². The zero-order valence-electron chi connectivity index (χ0n) is 25.4. The van der Waals surface area contributed by atoms with Crippen LogP contribution in [0.4, 0.5) is 24.5 Å². The summed E-state index contributed by atoms with van der Waals surface area (Å²) in [5, 5.41) is 9.49. The molecule has 13 nitrogen and oxygen atoms in total. The van der Waals surface area contributed by atoms with Crippen LogP contribution in [0.15, 0.2) is 29.1 Å². The van der Waals surface area contributed by atoms with Gasteiger partial charge in [-0.2, -0.15) is 22.7 Å². The first-order valence-electron chi connectivity index (χ1n) is 15.3. The molecule has 3 aliphatic rings. The largest absolute Gasteiger partial charge is 0.416 e. The topological polar surface area (TPSA) is 143 Å². The molecule has 1 saturated carbocycles. The minimum atomic E-state index is -4.60. The first kappa shape index (κ1) is 32.5. The number of nitrogens with zero attached hydrogens (tertiary/aromatic N) is 6. The fourth-order valence-corrected chi connectivity index (χ4v) is 5.90. The SMILES string of the molecule is CCc1c(N2CCN(C(=O)C(=O)NC3CC3)CC2)c(=O)n2nc(C3=CCOCC3)nc2n1CC(=O)Nc1ccc(C(F)(F)F)cc1Cl. The predicted octanol–water partition coefficient (Wildman–Crippen LogP) is 2.50. The summed E-state index contributed by atoms with van der Waals surface area (Å²) in [4.78, 5) is 60.4. The highest BCUT2D eigenvalue weighted by molar-refractivity contribution is 6.35. The monoisotopic (exact) mass is 676 g/mol. The average Bonchev–Trinajstić information content (AvgIpc) is 3.75. The summed E-state index contributed by atoms with van der Waals surface area (Å²) >= 11 is 6.09. The van der Waals surface area contributed by atoms with Gasteiger partial charge in [0.15, 0.2) is 5.82 Å². The highest BCUT2D eigenvalue weighted by atomic mass is 35.5. The second-order valence-corrected chi connectivity index (χ2v) is 11.9. The molecule has 6 rings (SSSR count). The van der Waals surface area contributed by atoms with E-state index < -0.39 is 35.0 Å². The second kappa shape index (κ2) is 13.0. The minimum absolute atomic E-state index is 0.0129. The minimum Gasteiger partial charge on any atom is -0.377 e. The molecule has 1 aliphatic carbocycles. The van der Waals surface area contributed by atoms with Crippen LogP contribution in [-0.2, 0) is 38.3 Å². The molecule has 17 heteroatoms. The molecular formula is C30H32ClF3N8O5. The van der Waals surface area contributed by atoms with Gasteiger partial charge in [0.2, 0.25) is 11.7 Å². The lowest BCUT2D eigenvalue weighted by molar-refractivity contribution is -0.146. The van der Waals surface area contributed by atoms with Gasteiger partial charge < -0.3 is 29.7 Å². The molecule has 0 spiro atoms. The molecule has 47 heavy (non-hydrogen) atoms. The third kappa shape index (κ3) is 6.83. The highest BCUT2D eigenvalue weighted by Gasteiger charge is 2.34. The van der Waals surface area contributed by atoms with E-state index in [-0.39, 0.29) is 60.9 Å². The summed E-state index contributed by atoms with van der Waals surface area (Å²) in [6, 6.07) is 2.67. The molecule has 0 atom stereocenters.